The Balaban J connectivity index is 1.67. The summed E-state index contributed by atoms with van der Waals surface area (Å²) in [5.74, 6) is -0.201. The van der Waals surface area contributed by atoms with Crippen molar-refractivity contribution in [3.8, 4) is 5.75 Å². The minimum Gasteiger partial charge on any atom is -0.489 e. The molecule has 0 unspecified atom stereocenters. The van der Waals surface area contributed by atoms with E-state index >= 15 is 0 Å². The lowest BCUT2D eigenvalue weighted by Gasteiger charge is -2.09. The van der Waals surface area contributed by atoms with Gasteiger partial charge in [-0.15, -0.1) is 0 Å². The summed E-state index contributed by atoms with van der Waals surface area (Å²) in [7, 11) is 0. The van der Waals surface area contributed by atoms with Crippen molar-refractivity contribution in [1.29, 1.82) is 0 Å². The van der Waals surface area contributed by atoms with Gasteiger partial charge in [0.1, 0.15) is 12.4 Å². The Morgan fingerprint density at radius 1 is 1.00 bits per heavy atom. The molecule has 0 saturated carbocycles. The van der Waals surface area contributed by atoms with E-state index in [1.807, 2.05) is 66.7 Å². The van der Waals surface area contributed by atoms with Crippen molar-refractivity contribution >= 4 is 35.4 Å². The number of carboxylic acid groups (broad SMARTS) is 1. The van der Waals surface area contributed by atoms with Gasteiger partial charge in [-0.25, -0.2) is 4.79 Å². The van der Waals surface area contributed by atoms with E-state index in [9.17, 15) is 4.79 Å². The molecule has 0 heterocycles. The number of rotatable bonds is 7. The average Bonchev–Trinajstić information content (AvgIpc) is 2.67. The maximum atomic E-state index is 10.6. The second-order valence-corrected chi connectivity index (χ2v) is 7.26. The fraction of sp³-hybridized carbons (Fsp3) is 0.0455. The first-order valence-electron chi connectivity index (χ1n) is 8.25. The van der Waals surface area contributed by atoms with Crippen LogP contribution in [0.25, 0.3) is 6.08 Å². The van der Waals surface area contributed by atoms with Crippen molar-refractivity contribution in [2.75, 3.05) is 0 Å². The fourth-order valence-electron chi connectivity index (χ4n) is 2.37. The van der Waals surface area contributed by atoms with Crippen LogP contribution in [0, 0.1) is 0 Å². The lowest BCUT2D eigenvalue weighted by atomic mass is 10.2. The molecule has 0 bridgehead atoms. The van der Waals surface area contributed by atoms with Crippen LogP contribution in [-0.4, -0.2) is 11.1 Å². The Kier molecular flexibility index (Phi) is 6.58. The molecule has 0 aromatic heterocycles. The van der Waals surface area contributed by atoms with Crippen molar-refractivity contribution < 1.29 is 14.6 Å². The maximum absolute atomic E-state index is 10.6. The lowest BCUT2D eigenvalue weighted by Crippen LogP contribution is -1.94. The van der Waals surface area contributed by atoms with Crippen LogP contribution in [0.3, 0.4) is 0 Å². The van der Waals surface area contributed by atoms with Crippen LogP contribution in [0.5, 0.6) is 5.75 Å². The van der Waals surface area contributed by atoms with E-state index in [-0.39, 0.29) is 0 Å². The summed E-state index contributed by atoms with van der Waals surface area (Å²) in [5.41, 5.74) is 1.79. The Morgan fingerprint density at radius 3 is 2.52 bits per heavy atom. The van der Waals surface area contributed by atoms with E-state index in [4.69, 9.17) is 21.4 Å². The summed E-state index contributed by atoms with van der Waals surface area (Å²) in [6.45, 7) is 0.519. The van der Waals surface area contributed by atoms with Crippen LogP contribution in [0.4, 0.5) is 0 Å². The second-order valence-electron chi connectivity index (χ2n) is 5.71. The molecule has 3 rings (SSSR count). The zero-order valence-electron chi connectivity index (χ0n) is 14.3. The highest BCUT2D eigenvalue weighted by Gasteiger charge is 2.04. The highest BCUT2D eigenvalue weighted by atomic mass is 35.5. The molecule has 0 fully saturated rings. The molecule has 0 saturated heterocycles. The molecular formula is C22H17ClO3S. The van der Waals surface area contributed by atoms with E-state index < -0.39 is 5.97 Å². The van der Waals surface area contributed by atoms with Gasteiger partial charge >= 0.3 is 5.97 Å². The van der Waals surface area contributed by atoms with Gasteiger partial charge in [0, 0.05) is 20.9 Å². The largest absolute Gasteiger partial charge is 0.489 e. The maximum Gasteiger partial charge on any atom is 0.328 e. The quantitative estimate of drug-likeness (QED) is 0.485. The predicted molar refractivity (Wildman–Crippen MR) is 109 cm³/mol. The Hall–Kier alpha value is -2.69. The summed E-state index contributed by atoms with van der Waals surface area (Å²) in [4.78, 5) is 12.6. The van der Waals surface area contributed by atoms with E-state index in [1.54, 1.807) is 17.8 Å². The minimum atomic E-state index is -1.00. The summed E-state index contributed by atoms with van der Waals surface area (Å²) >= 11 is 7.81. The molecule has 0 spiro atoms. The molecule has 0 radical (unpaired) electrons. The van der Waals surface area contributed by atoms with E-state index in [0.29, 0.717) is 17.2 Å². The highest BCUT2D eigenvalue weighted by Crippen LogP contribution is 2.33. The van der Waals surface area contributed by atoms with Gasteiger partial charge in [0.2, 0.25) is 0 Å². The van der Waals surface area contributed by atoms with E-state index in [0.717, 1.165) is 27.2 Å². The molecule has 0 aliphatic rings. The van der Waals surface area contributed by atoms with Gasteiger partial charge in [0.15, 0.2) is 0 Å². The van der Waals surface area contributed by atoms with Crippen molar-refractivity contribution in [3.05, 3.63) is 95.0 Å². The molecule has 136 valence electrons. The van der Waals surface area contributed by atoms with Gasteiger partial charge in [-0.2, -0.15) is 0 Å². The van der Waals surface area contributed by atoms with Crippen LogP contribution < -0.4 is 4.74 Å². The standard InChI is InChI=1S/C22H17ClO3S/c23-21-14-20(11-9-17(21)10-12-22(24)25)27-19-8-4-7-18(13-19)26-15-16-5-2-1-3-6-16/h1-14H,15H2,(H,24,25). The number of carbonyl (C=O) groups is 1. The number of hydrogen-bond donors (Lipinski definition) is 1. The second kappa shape index (κ2) is 9.31. The normalized spacial score (nSPS) is 10.9. The Morgan fingerprint density at radius 2 is 1.78 bits per heavy atom. The molecular weight excluding hydrogens is 380 g/mol. The van der Waals surface area contributed by atoms with Gasteiger partial charge in [-0.3, -0.25) is 0 Å². The third kappa shape index (κ3) is 5.91. The topological polar surface area (TPSA) is 46.5 Å². The van der Waals surface area contributed by atoms with Crippen LogP contribution in [-0.2, 0) is 11.4 Å². The fourth-order valence-corrected chi connectivity index (χ4v) is 3.59. The number of aliphatic carboxylic acids is 1. The minimum absolute atomic E-state index is 0.508. The molecule has 0 atom stereocenters. The van der Waals surface area contributed by atoms with E-state index in [1.165, 1.54) is 6.08 Å². The van der Waals surface area contributed by atoms with Crippen LogP contribution in [0.15, 0.2) is 88.7 Å². The van der Waals surface area contributed by atoms with Crippen LogP contribution in [0.1, 0.15) is 11.1 Å². The number of carboxylic acids is 1. The van der Waals surface area contributed by atoms with Crippen LogP contribution in [0.2, 0.25) is 5.02 Å². The molecule has 1 N–H and O–H groups in total. The van der Waals surface area contributed by atoms with E-state index in [2.05, 4.69) is 0 Å². The molecule has 0 aliphatic heterocycles. The van der Waals surface area contributed by atoms with Gasteiger partial charge in [-0.1, -0.05) is 65.8 Å². The average molecular weight is 397 g/mol. The number of ether oxygens (including phenoxy) is 1. The van der Waals surface area contributed by atoms with Crippen molar-refractivity contribution in [2.24, 2.45) is 0 Å². The Labute approximate surface area is 167 Å². The SMILES string of the molecule is O=C(O)C=Cc1ccc(Sc2cccc(OCc3ccccc3)c2)cc1Cl. The molecule has 0 amide bonds. The third-order valence-electron chi connectivity index (χ3n) is 3.67. The van der Waals surface area contributed by atoms with Gasteiger partial charge in [0.05, 0.1) is 0 Å². The van der Waals surface area contributed by atoms with Gasteiger partial charge < -0.3 is 9.84 Å². The highest BCUT2D eigenvalue weighted by molar-refractivity contribution is 7.99. The first-order chi connectivity index (χ1) is 13.1. The number of hydrogen-bond acceptors (Lipinski definition) is 3. The smallest absolute Gasteiger partial charge is 0.328 e. The predicted octanol–water partition coefficient (Wildman–Crippen LogP) is 6.17. The van der Waals surface area contributed by atoms with Gasteiger partial charge in [0.25, 0.3) is 0 Å². The number of halogens is 1. The van der Waals surface area contributed by atoms with Crippen molar-refractivity contribution in [3.63, 3.8) is 0 Å². The van der Waals surface area contributed by atoms with Crippen molar-refractivity contribution in [2.45, 2.75) is 16.4 Å². The molecule has 3 nitrogen and oxygen atoms in total. The summed E-state index contributed by atoms with van der Waals surface area (Å²) in [5, 5.41) is 9.22. The third-order valence-corrected chi connectivity index (χ3v) is 4.97. The summed E-state index contributed by atoms with van der Waals surface area (Å²) in [6, 6.07) is 23.4. The molecule has 27 heavy (non-hydrogen) atoms. The lowest BCUT2D eigenvalue weighted by molar-refractivity contribution is -0.131. The molecule has 3 aromatic carbocycles. The molecule has 3 aromatic rings. The molecule has 0 aliphatic carbocycles. The summed E-state index contributed by atoms with van der Waals surface area (Å²) in [6.07, 6.45) is 2.55. The van der Waals surface area contributed by atoms with Gasteiger partial charge in [-0.05, 0) is 47.5 Å². The zero-order chi connectivity index (χ0) is 19.1. The first kappa shape index (κ1) is 19.1. The van der Waals surface area contributed by atoms with Crippen LogP contribution >= 0.6 is 23.4 Å². The first-order valence-corrected chi connectivity index (χ1v) is 9.45. The zero-order valence-corrected chi connectivity index (χ0v) is 15.9. The Bertz CT molecular complexity index is 955. The monoisotopic (exact) mass is 396 g/mol. The molecule has 5 heteroatoms. The number of benzene rings is 3. The van der Waals surface area contributed by atoms with Crippen molar-refractivity contribution in [1.82, 2.24) is 0 Å². The summed E-state index contributed by atoms with van der Waals surface area (Å²) < 4.78 is 5.86.